The molecule has 5 atom stereocenters. The number of halogens is 1. The molecule has 0 radical (unpaired) electrons. The first-order valence-electron chi connectivity index (χ1n) is 16.7. The standard InChI is InChI=1S/C33H42ClN5O9S/c1-32(2,3)48-30(43)35-23-10-8-6-4-5-7-9-19-17-33(19,29(42)38-49(44,45)22-12-13-22)37-27(40)25-16-21(18-39(25)28(23)41)46-31-36-24-15-20(34)11-14-26(24)47-31/h7,9,11,14-15,19,21-23,25H,4-6,8,10,12-13,16-18H2,1-3H3,(H,35,43)(H,37,40)(H,38,42)/t19-,21-,23+,25+,33-/m1/s1. The molecule has 14 nitrogen and oxygen atoms in total. The molecule has 266 valence electrons. The smallest absolute Gasteiger partial charge is 0.408 e. The molecule has 2 aliphatic carbocycles. The van der Waals surface area contributed by atoms with Crippen molar-refractivity contribution in [2.75, 3.05) is 6.54 Å². The maximum atomic E-state index is 14.3. The summed E-state index contributed by atoms with van der Waals surface area (Å²) in [5.74, 6) is -2.40. The van der Waals surface area contributed by atoms with Gasteiger partial charge in [0.1, 0.15) is 34.8 Å². The maximum Gasteiger partial charge on any atom is 0.408 e. The summed E-state index contributed by atoms with van der Waals surface area (Å²) in [6, 6.07) is 2.78. The van der Waals surface area contributed by atoms with Gasteiger partial charge >= 0.3 is 12.2 Å². The molecular formula is C33H42ClN5O9S. The average Bonchev–Trinajstić information content (AvgIpc) is 3.90. The van der Waals surface area contributed by atoms with Gasteiger partial charge in [-0.05, 0) is 77.5 Å². The van der Waals surface area contributed by atoms with E-state index in [1.54, 1.807) is 39.0 Å². The van der Waals surface area contributed by atoms with Crippen LogP contribution in [0.4, 0.5) is 4.79 Å². The number of carbonyl (C=O) groups excluding carboxylic acids is 4. The van der Waals surface area contributed by atoms with Crippen LogP contribution in [0.5, 0.6) is 6.08 Å². The van der Waals surface area contributed by atoms with E-state index in [0.29, 0.717) is 48.2 Å². The summed E-state index contributed by atoms with van der Waals surface area (Å²) in [5.41, 5.74) is -1.41. The van der Waals surface area contributed by atoms with Gasteiger partial charge < -0.3 is 29.4 Å². The Balaban J connectivity index is 1.28. The second-order valence-corrected chi connectivity index (χ2v) is 16.7. The molecule has 3 heterocycles. The number of carbonyl (C=O) groups is 4. The van der Waals surface area contributed by atoms with Crippen LogP contribution in [0.1, 0.15) is 78.6 Å². The van der Waals surface area contributed by atoms with Crippen LogP contribution in [0.15, 0.2) is 34.8 Å². The van der Waals surface area contributed by atoms with Crippen LogP contribution >= 0.6 is 11.6 Å². The van der Waals surface area contributed by atoms with Crippen LogP contribution in [-0.2, 0) is 29.1 Å². The Kier molecular flexibility index (Phi) is 9.61. The minimum absolute atomic E-state index is 0.00872. The molecule has 1 aromatic heterocycles. The molecular weight excluding hydrogens is 678 g/mol. The fourth-order valence-corrected chi connectivity index (χ4v) is 7.90. The van der Waals surface area contributed by atoms with E-state index in [1.807, 2.05) is 12.2 Å². The zero-order valence-corrected chi connectivity index (χ0v) is 29.3. The van der Waals surface area contributed by atoms with Crippen molar-refractivity contribution in [2.24, 2.45) is 5.92 Å². The van der Waals surface area contributed by atoms with Crippen molar-refractivity contribution in [2.45, 2.75) is 113 Å². The fourth-order valence-electron chi connectivity index (χ4n) is 6.37. The van der Waals surface area contributed by atoms with Crippen molar-refractivity contribution < 1.29 is 41.5 Å². The van der Waals surface area contributed by atoms with Crippen molar-refractivity contribution in [1.29, 1.82) is 0 Å². The first kappa shape index (κ1) is 35.0. The van der Waals surface area contributed by atoms with Crippen LogP contribution < -0.4 is 20.1 Å². The van der Waals surface area contributed by atoms with Crippen LogP contribution in [0.3, 0.4) is 0 Å². The van der Waals surface area contributed by atoms with E-state index in [0.717, 1.165) is 12.8 Å². The molecule has 0 unspecified atom stereocenters. The highest BCUT2D eigenvalue weighted by molar-refractivity contribution is 7.91. The highest BCUT2D eigenvalue weighted by Crippen LogP contribution is 2.46. The van der Waals surface area contributed by atoms with Crippen LogP contribution in [0.2, 0.25) is 5.02 Å². The summed E-state index contributed by atoms with van der Waals surface area (Å²) < 4.78 is 44.9. The largest absolute Gasteiger partial charge is 0.445 e. The lowest BCUT2D eigenvalue weighted by atomic mass is 10.0. The Morgan fingerprint density at radius 1 is 1.14 bits per heavy atom. The molecule has 0 spiro atoms. The number of rotatable bonds is 6. The van der Waals surface area contributed by atoms with Crippen molar-refractivity contribution in [3.63, 3.8) is 0 Å². The van der Waals surface area contributed by atoms with E-state index in [1.165, 1.54) is 4.90 Å². The normalized spacial score (nSPS) is 28.0. The van der Waals surface area contributed by atoms with Crippen molar-refractivity contribution in [1.82, 2.24) is 25.2 Å². The Morgan fingerprint density at radius 3 is 2.65 bits per heavy atom. The van der Waals surface area contributed by atoms with Gasteiger partial charge in [-0.15, -0.1) is 0 Å². The van der Waals surface area contributed by atoms with Crippen molar-refractivity contribution >= 4 is 56.5 Å². The lowest BCUT2D eigenvalue weighted by Gasteiger charge is -2.30. The third kappa shape index (κ3) is 8.14. The number of nitrogens with one attached hydrogen (secondary N) is 3. The molecule has 6 rings (SSSR count). The topological polar surface area (TPSA) is 186 Å². The highest BCUT2D eigenvalue weighted by Gasteiger charge is 2.62. The Morgan fingerprint density at radius 2 is 1.92 bits per heavy atom. The summed E-state index contributed by atoms with van der Waals surface area (Å²) in [6.07, 6.45) is 6.50. The average molecular weight is 720 g/mol. The van der Waals surface area contributed by atoms with E-state index in [9.17, 15) is 27.6 Å². The molecule has 49 heavy (non-hydrogen) atoms. The molecule has 3 N–H and O–H groups in total. The minimum atomic E-state index is -3.88. The molecule has 1 saturated heterocycles. The predicted octanol–water partition coefficient (Wildman–Crippen LogP) is 3.73. The fraction of sp³-hybridized carbons (Fsp3) is 0.606. The Bertz CT molecular complexity index is 1770. The highest BCUT2D eigenvalue weighted by atomic mass is 35.5. The Labute approximate surface area is 289 Å². The summed E-state index contributed by atoms with van der Waals surface area (Å²) in [4.78, 5) is 60.5. The molecule has 16 heteroatoms. The third-order valence-corrected chi connectivity index (χ3v) is 11.2. The predicted molar refractivity (Wildman–Crippen MR) is 178 cm³/mol. The molecule has 3 fully saturated rings. The van der Waals surface area contributed by atoms with E-state index < -0.39 is 74.3 Å². The number of hydrogen-bond donors (Lipinski definition) is 3. The van der Waals surface area contributed by atoms with Gasteiger partial charge in [-0.25, -0.2) is 13.2 Å². The van der Waals surface area contributed by atoms with Crippen LogP contribution in [0, 0.1) is 5.92 Å². The lowest BCUT2D eigenvalue weighted by molar-refractivity contribution is -0.141. The number of alkyl carbamates (subject to hydrolysis) is 1. The summed E-state index contributed by atoms with van der Waals surface area (Å²) in [5, 5.41) is 5.36. The number of allylic oxidation sites excluding steroid dienone is 1. The van der Waals surface area contributed by atoms with Crippen molar-refractivity contribution in [3.05, 3.63) is 35.4 Å². The number of fused-ring (bicyclic) bond motifs is 3. The molecule has 4 amide bonds. The zero-order valence-electron chi connectivity index (χ0n) is 27.7. The first-order valence-corrected chi connectivity index (χ1v) is 18.6. The third-order valence-electron chi connectivity index (χ3n) is 9.13. The molecule has 0 bridgehead atoms. The van der Waals surface area contributed by atoms with E-state index >= 15 is 0 Å². The van der Waals surface area contributed by atoms with E-state index in [-0.39, 0.29) is 25.5 Å². The lowest BCUT2D eigenvalue weighted by Crippen LogP contribution is -2.58. The number of ether oxygens (including phenoxy) is 2. The minimum Gasteiger partial charge on any atom is -0.445 e. The number of hydrogen-bond acceptors (Lipinski definition) is 10. The molecule has 2 saturated carbocycles. The van der Waals surface area contributed by atoms with Gasteiger partial charge in [0.2, 0.25) is 21.8 Å². The first-order chi connectivity index (χ1) is 23.1. The number of sulfonamides is 1. The number of amides is 4. The van der Waals surface area contributed by atoms with Gasteiger partial charge in [-0.3, -0.25) is 19.1 Å². The second kappa shape index (κ2) is 13.5. The summed E-state index contributed by atoms with van der Waals surface area (Å²) >= 11 is 6.09. The molecule has 2 aromatic rings. The summed E-state index contributed by atoms with van der Waals surface area (Å²) in [6.45, 7) is 5.10. The van der Waals surface area contributed by atoms with E-state index in [4.69, 9.17) is 25.5 Å². The Hall–Kier alpha value is -3.85. The number of oxazole rings is 1. The number of nitrogens with zero attached hydrogens (tertiary/aromatic N) is 2. The van der Waals surface area contributed by atoms with Gasteiger partial charge in [-0.1, -0.05) is 36.6 Å². The van der Waals surface area contributed by atoms with Crippen molar-refractivity contribution in [3.8, 4) is 6.08 Å². The van der Waals surface area contributed by atoms with Gasteiger partial charge in [-0.2, -0.15) is 4.98 Å². The summed E-state index contributed by atoms with van der Waals surface area (Å²) in [7, 11) is -3.88. The van der Waals surface area contributed by atoms with Crippen LogP contribution in [0.25, 0.3) is 11.1 Å². The van der Waals surface area contributed by atoms with Gasteiger partial charge in [0.05, 0.1) is 11.8 Å². The monoisotopic (exact) mass is 719 g/mol. The van der Waals surface area contributed by atoms with Gasteiger partial charge in [0, 0.05) is 17.4 Å². The zero-order chi connectivity index (χ0) is 35.1. The molecule has 1 aromatic carbocycles. The van der Waals surface area contributed by atoms with Gasteiger partial charge in [0.25, 0.3) is 5.91 Å². The van der Waals surface area contributed by atoms with E-state index in [2.05, 4.69) is 20.3 Å². The maximum absolute atomic E-state index is 14.3. The SMILES string of the molecule is CC(C)(C)OC(=O)N[C@H]1CCCCCC=C[C@@H]2C[C@@]2(C(=O)NS(=O)(=O)C2CC2)NC(=O)[C@@H]2C[C@@H](Oc3nc4cc(Cl)ccc4o3)CN2C1=O. The number of benzene rings is 1. The number of aromatic nitrogens is 1. The second-order valence-electron chi connectivity index (χ2n) is 14.3. The van der Waals surface area contributed by atoms with Crippen LogP contribution in [-0.4, -0.2) is 83.2 Å². The quantitative estimate of drug-likeness (QED) is 0.372. The molecule has 4 aliphatic rings. The van der Waals surface area contributed by atoms with Gasteiger partial charge in [0.15, 0.2) is 5.58 Å². The molecule has 2 aliphatic heterocycles.